The second-order valence-corrected chi connectivity index (χ2v) is 7.76. The molecule has 1 atom stereocenters. The lowest BCUT2D eigenvalue weighted by Crippen LogP contribution is -2.66. The maximum Gasteiger partial charge on any atom is 0.291 e. The highest BCUT2D eigenvalue weighted by atomic mass is 32.1. The summed E-state index contributed by atoms with van der Waals surface area (Å²) in [5.41, 5.74) is 1.32. The summed E-state index contributed by atoms with van der Waals surface area (Å²) in [4.78, 5) is 22.6. The maximum atomic E-state index is 12.5. The van der Waals surface area contributed by atoms with Gasteiger partial charge in [-0.1, -0.05) is 0 Å². The first-order chi connectivity index (χ1) is 12.1. The standard InChI is InChI=1S/C17H21N3O4S/c1-11-15(23-10-18-11)16(21)20-8-17(9-20)13(3-4-24-17)5-22-6-14-7-25-12(2)19-14/h7,10,13H,3-6,8-9H2,1-2H3/t13-/m0/s1. The van der Waals surface area contributed by atoms with Crippen LogP contribution in [0.15, 0.2) is 16.2 Å². The molecular formula is C17H21N3O4S. The molecule has 134 valence electrons. The first kappa shape index (κ1) is 16.7. The van der Waals surface area contributed by atoms with E-state index in [1.54, 1.807) is 23.2 Å². The number of amides is 1. The fourth-order valence-corrected chi connectivity index (χ4v) is 4.14. The van der Waals surface area contributed by atoms with Crippen molar-refractivity contribution in [1.82, 2.24) is 14.9 Å². The molecule has 25 heavy (non-hydrogen) atoms. The molecule has 0 radical (unpaired) electrons. The highest BCUT2D eigenvalue weighted by molar-refractivity contribution is 7.09. The SMILES string of the molecule is Cc1nc(COC[C@@H]2CCOC23CN(C(=O)c2ocnc2C)C3)cs1. The molecule has 2 aromatic heterocycles. The van der Waals surface area contributed by atoms with Gasteiger partial charge in [-0.15, -0.1) is 11.3 Å². The molecule has 2 aliphatic rings. The average molecular weight is 363 g/mol. The first-order valence-electron chi connectivity index (χ1n) is 8.39. The van der Waals surface area contributed by atoms with E-state index in [-0.39, 0.29) is 11.5 Å². The molecule has 1 spiro atoms. The topological polar surface area (TPSA) is 77.7 Å². The van der Waals surface area contributed by atoms with Crippen LogP contribution in [0.1, 0.15) is 33.4 Å². The third-order valence-corrected chi connectivity index (χ3v) is 5.80. The van der Waals surface area contributed by atoms with Gasteiger partial charge in [0.2, 0.25) is 5.76 Å². The van der Waals surface area contributed by atoms with Gasteiger partial charge in [-0.05, 0) is 20.3 Å². The van der Waals surface area contributed by atoms with Gasteiger partial charge in [0.15, 0.2) is 6.39 Å². The first-order valence-corrected chi connectivity index (χ1v) is 9.27. The van der Waals surface area contributed by atoms with Crippen molar-refractivity contribution in [2.24, 2.45) is 5.92 Å². The number of carbonyl (C=O) groups excluding carboxylic acids is 1. The molecule has 2 fully saturated rings. The van der Waals surface area contributed by atoms with Gasteiger partial charge in [-0.3, -0.25) is 4.79 Å². The number of rotatable bonds is 5. The van der Waals surface area contributed by atoms with Crippen LogP contribution in [0.25, 0.3) is 0 Å². The number of nitrogens with zero attached hydrogens (tertiary/aromatic N) is 3. The van der Waals surface area contributed by atoms with Crippen molar-refractivity contribution >= 4 is 17.2 Å². The Hall–Kier alpha value is -1.77. The van der Waals surface area contributed by atoms with Crippen molar-refractivity contribution in [1.29, 1.82) is 0 Å². The Kier molecular flexibility index (Phi) is 4.35. The lowest BCUT2D eigenvalue weighted by molar-refractivity contribution is -0.129. The molecule has 4 rings (SSSR count). The van der Waals surface area contributed by atoms with E-state index in [1.165, 1.54) is 6.39 Å². The van der Waals surface area contributed by atoms with Crippen LogP contribution in [0.5, 0.6) is 0 Å². The summed E-state index contributed by atoms with van der Waals surface area (Å²) in [5, 5.41) is 3.08. The van der Waals surface area contributed by atoms with Crippen LogP contribution in [0.2, 0.25) is 0 Å². The van der Waals surface area contributed by atoms with E-state index in [9.17, 15) is 4.79 Å². The number of hydrogen-bond acceptors (Lipinski definition) is 7. The van der Waals surface area contributed by atoms with E-state index in [1.807, 2.05) is 12.3 Å². The van der Waals surface area contributed by atoms with Gasteiger partial charge in [-0.2, -0.15) is 0 Å². The van der Waals surface area contributed by atoms with Gasteiger partial charge in [0.25, 0.3) is 5.91 Å². The van der Waals surface area contributed by atoms with Crippen LogP contribution < -0.4 is 0 Å². The minimum absolute atomic E-state index is 0.117. The highest BCUT2D eigenvalue weighted by Gasteiger charge is 2.55. The molecule has 2 aliphatic heterocycles. The van der Waals surface area contributed by atoms with Crippen molar-refractivity contribution in [3.8, 4) is 0 Å². The van der Waals surface area contributed by atoms with Gasteiger partial charge >= 0.3 is 0 Å². The van der Waals surface area contributed by atoms with Crippen LogP contribution in [-0.2, 0) is 16.1 Å². The zero-order valence-electron chi connectivity index (χ0n) is 14.4. The van der Waals surface area contributed by atoms with Crippen LogP contribution in [0.4, 0.5) is 0 Å². The number of likely N-dealkylation sites (tertiary alicyclic amines) is 1. The Morgan fingerprint density at radius 3 is 3.00 bits per heavy atom. The van der Waals surface area contributed by atoms with E-state index in [4.69, 9.17) is 13.9 Å². The fraction of sp³-hybridized carbons (Fsp3) is 0.588. The van der Waals surface area contributed by atoms with E-state index in [0.717, 1.165) is 17.1 Å². The third kappa shape index (κ3) is 3.09. The number of hydrogen-bond donors (Lipinski definition) is 0. The predicted octanol–water partition coefficient (Wildman–Crippen LogP) is 2.20. The van der Waals surface area contributed by atoms with Crippen molar-refractivity contribution in [3.63, 3.8) is 0 Å². The number of oxazole rings is 1. The maximum absolute atomic E-state index is 12.5. The molecule has 0 saturated carbocycles. The Bertz CT molecular complexity index is 766. The summed E-state index contributed by atoms with van der Waals surface area (Å²) in [6.45, 7) is 6.79. The Morgan fingerprint density at radius 1 is 1.48 bits per heavy atom. The smallest absolute Gasteiger partial charge is 0.291 e. The van der Waals surface area contributed by atoms with E-state index < -0.39 is 0 Å². The summed E-state index contributed by atoms with van der Waals surface area (Å²) in [7, 11) is 0. The summed E-state index contributed by atoms with van der Waals surface area (Å²) in [5.74, 6) is 0.500. The minimum Gasteiger partial charge on any atom is -0.438 e. The second-order valence-electron chi connectivity index (χ2n) is 6.70. The average Bonchev–Trinajstić information content (AvgIpc) is 3.25. The molecule has 2 aromatic rings. The van der Waals surface area contributed by atoms with Crippen LogP contribution >= 0.6 is 11.3 Å². The zero-order chi connectivity index (χ0) is 17.4. The molecule has 0 unspecified atom stereocenters. The summed E-state index contributed by atoms with van der Waals surface area (Å²) >= 11 is 1.63. The molecule has 7 nitrogen and oxygen atoms in total. The Balaban J connectivity index is 1.31. The Morgan fingerprint density at radius 2 is 2.32 bits per heavy atom. The van der Waals surface area contributed by atoms with E-state index in [0.29, 0.717) is 50.3 Å². The number of thiazole rings is 1. The molecule has 0 aliphatic carbocycles. The summed E-state index contributed by atoms with van der Waals surface area (Å²) in [6, 6.07) is 0. The number of aromatic nitrogens is 2. The van der Waals surface area contributed by atoms with Crippen LogP contribution in [-0.4, -0.2) is 52.7 Å². The van der Waals surface area contributed by atoms with Crippen molar-refractivity contribution in [2.45, 2.75) is 32.5 Å². The summed E-state index contributed by atoms with van der Waals surface area (Å²) in [6.07, 6.45) is 2.26. The van der Waals surface area contributed by atoms with Gasteiger partial charge in [0.05, 0.1) is 42.7 Å². The molecule has 8 heteroatoms. The minimum atomic E-state index is -0.276. The van der Waals surface area contributed by atoms with E-state index >= 15 is 0 Å². The molecule has 4 heterocycles. The zero-order valence-corrected chi connectivity index (χ0v) is 15.2. The lowest BCUT2D eigenvalue weighted by atomic mass is 9.81. The summed E-state index contributed by atoms with van der Waals surface area (Å²) < 4.78 is 17.1. The molecule has 1 amide bonds. The quantitative estimate of drug-likeness (QED) is 0.810. The fourth-order valence-electron chi connectivity index (χ4n) is 3.54. The second kappa shape index (κ2) is 6.51. The van der Waals surface area contributed by atoms with Crippen molar-refractivity contribution in [3.05, 3.63) is 33.9 Å². The van der Waals surface area contributed by atoms with Crippen molar-refractivity contribution in [2.75, 3.05) is 26.3 Å². The molecule has 0 aromatic carbocycles. The third-order valence-electron chi connectivity index (χ3n) is 4.98. The predicted molar refractivity (Wildman–Crippen MR) is 90.4 cm³/mol. The van der Waals surface area contributed by atoms with Crippen LogP contribution in [0.3, 0.4) is 0 Å². The van der Waals surface area contributed by atoms with Gasteiger partial charge in [0, 0.05) is 17.9 Å². The normalized spacial score (nSPS) is 21.7. The van der Waals surface area contributed by atoms with E-state index in [2.05, 4.69) is 9.97 Å². The van der Waals surface area contributed by atoms with Gasteiger partial charge < -0.3 is 18.8 Å². The molecule has 0 N–H and O–H groups in total. The number of ether oxygens (including phenoxy) is 2. The highest BCUT2D eigenvalue weighted by Crippen LogP contribution is 2.40. The lowest BCUT2D eigenvalue weighted by Gasteiger charge is -2.49. The molecule has 0 bridgehead atoms. The molecular weight excluding hydrogens is 342 g/mol. The monoisotopic (exact) mass is 363 g/mol. The Labute approximate surface area is 150 Å². The van der Waals surface area contributed by atoms with Crippen LogP contribution in [0, 0.1) is 19.8 Å². The number of aryl methyl sites for hydroxylation is 2. The number of carbonyl (C=O) groups is 1. The molecule has 2 saturated heterocycles. The van der Waals surface area contributed by atoms with Crippen molar-refractivity contribution < 1.29 is 18.7 Å². The van der Waals surface area contributed by atoms with Gasteiger partial charge in [0.1, 0.15) is 5.60 Å². The van der Waals surface area contributed by atoms with Gasteiger partial charge in [-0.25, -0.2) is 9.97 Å². The largest absolute Gasteiger partial charge is 0.438 e.